The quantitative estimate of drug-likeness (QED) is 0.331. The fraction of sp³-hybridized carbons (Fsp3) is 0. The first-order valence-electron chi connectivity index (χ1n) is 1.38. The first-order valence-corrected chi connectivity index (χ1v) is 3.62. The Bertz CT molecular complexity index is 161. The molecule has 0 saturated heterocycles. The molecular formula is CH2ClNO4S. The largest absolute Gasteiger partial charge is 0.376 e. The van der Waals surface area contributed by atoms with Gasteiger partial charge in [0.25, 0.3) is 0 Å². The van der Waals surface area contributed by atoms with Crippen LogP contribution in [0.4, 0.5) is 0 Å². The summed E-state index contributed by atoms with van der Waals surface area (Å²) in [6, 6.07) is 0. The van der Waals surface area contributed by atoms with Crippen molar-refractivity contribution in [2.75, 3.05) is 0 Å². The molecule has 0 aliphatic carbocycles. The molecule has 0 radical (unpaired) electrons. The van der Waals surface area contributed by atoms with Crippen LogP contribution in [0.25, 0.3) is 0 Å². The zero-order valence-corrected chi connectivity index (χ0v) is 5.07. The smallest absolute Gasteiger partial charge is 0.277 e. The van der Waals surface area contributed by atoms with Gasteiger partial charge in [0.05, 0.1) is 10.7 Å². The molecule has 0 aromatic carbocycles. The van der Waals surface area contributed by atoms with Gasteiger partial charge in [-0.25, -0.2) is 5.48 Å². The summed E-state index contributed by atoms with van der Waals surface area (Å²) < 4.78 is 22.9. The van der Waals surface area contributed by atoms with E-state index in [-0.39, 0.29) is 6.41 Å². The molecular weight excluding hydrogens is 158 g/mol. The van der Waals surface area contributed by atoms with Crippen LogP contribution >= 0.6 is 10.7 Å². The predicted octanol–water partition coefficient (Wildman–Crippen LogP) is -0.852. The van der Waals surface area contributed by atoms with Gasteiger partial charge in [-0.15, -0.1) is 4.28 Å². The molecule has 0 heterocycles. The van der Waals surface area contributed by atoms with Crippen molar-refractivity contribution in [3.63, 3.8) is 0 Å². The van der Waals surface area contributed by atoms with Crippen molar-refractivity contribution in [2.45, 2.75) is 0 Å². The average Bonchev–Trinajstić information content (AvgIpc) is 1.59. The Morgan fingerprint density at radius 2 is 2.12 bits per heavy atom. The molecule has 0 atom stereocenters. The van der Waals surface area contributed by atoms with Crippen LogP contribution in [0.15, 0.2) is 0 Å². The lowest BCUT2D eigenvalue weighted by molar-refractivity contribution is -0.114. The molecule has 0 unspecified atom stereocenters. The summed E-state index contributed by atoms with van der Waals surface area (Å²) in [6.45, 7) is 0. The minimum atomic E-state index is -4.06. The van der Waals surface area contributed by atoms with Gasteiger partial charge in [0.2, 0.25) is 6.41 Å². The second kappa shape index (κ2) is 2.85. The van der Waals surface area contributed by atoms with Crippen LogP contribution in [0.1, 0.15) is 0 Å². The van der Waals surface area contributed by atoms with E-state index in [1.54, 1.807) is 0 Å². The van der Waals surface area contributed by atoms with Crippen molar-refractivity contribution >= 4 is 26.4 Å². The maximum atomic E-state index is 9.71. The van der Waals surface area contributed by atoms with Gasteiger partial charge in [0.1, 0.15) is 0 Å². The molecule has 0 rings (SSSR count). The third-order valence-electron chi connectivity index (χ3n) is 0.196. The second-order valence-electron chi connectivity index (χ2n) is 0.712. The van der Waals surface area contributed by atoms with Crippen LogP contribution in [0.5, 0.6) is 0 Å². The van der Waals surface area contributed by atoms with E-state index in [0.717, 1.165) is 0 Å². The highest BCUT2D eigenvalue weighted by atomic mass is 35.7. The number of rotatable bonds is 3. The SMILES string of the molecule is O=CNOS(=O)(=O)Cl. The Morgan fingerprint density at radius 1 is 1.62 bits per heavy atom. The molecule has 48 valence electrons. The normalized spacial score (nSPS) is 10.6. The maximum absolute atomic E-state index is 9.71. The molecule has 0 aromatic rings. The molecule has 0 bridgehead atoms. The number of halogens is 1. The lowest BCUT2D eigenvalue weighted by Crippen LogP contribution is -2.13. The Hall–Kier alpha value is -0.330. The number of carbonyl (C=O) groups is 1. The summed E-state index contributed by atoms with van der Waals surface area (Å²) >= 11 is 0. The Morgan fingerprint density at radius 3 is 2.25 bits per heavy atom. The topological polar surface area (TPSA) is 72.5 Å². The minimum Gasteiger partial charge on any atom is -0.277 e. The van der Waals surface area contributed by atoms with Gasteiger partial charge in [-0.2, -0.15) is 8.42 Å². The van der Waals surface area contributed by atoms with E-state index < -0.39 is 9.33 Å². The summed E-state index contributed by atoms with van der Waals surface area (Å²) in [5.74, 6) is 0. The molecule has 1 N–H and O–H groups in total. The second-order valence-corrected chi connectivity index (χ2v) is 2.80. The minimum absolute atomic E-state index is 0.0416. The van der Waals surface area contributed by atoms with E-state index in [1.807, 2.05) is 0 Å². The molecule has 8 heavy (non-hydrogen) atoms. The summed E-state index contributed by atoms with van der Waals surface area (Å²) in [5.41, 5.74) is 1.39. The molecule has 0 aliphatic heterocycles. The third kappa shape index (κ3) is 5.67. The van der Waals surface area contributed by atoms with Crippen LogP contribution in [-0.4, -0.2) is 14.8 Å². The van der Waals surface area contributed by atoms with E-state index >= 15 is 0 Å². The number of carbonyl (C=O) groups excluding carboxylic acids is 1. The van der Waals surface area contributed by atoms with Gasteiger partial charge in [0.15, 0.2) is 0 Å². The average molecular weight is 160 g/mol. The molecule has 0 saturated carbocycles. The molecule has 0 aliphatic rings. The van der Waals surface area contributed by atoms with Crippen molar-refractivity contribution < 1.29 is 17.5 Å². The van der Waals surface area contributed by atoms with Gasteiger partial charge < -0.3 is 0 Å². The first-order chi connectivity index (χ1) is 3.56. The van der Waals surface area contributed by atoms with E-state index in [9.17, 15) is 13.2 Å². The highest BCUT2D eigenvalue weighted by Crippen LogP contribution is 1.92. The van der Waals surface area contributed by atoms with Crippen molar-refractivity contribution in [3.05, 3.63) is 0 Å². The molecule has 0 spiro atoms. The fourth-order valence-electron chi connectivity index (χ4n) is 0.0771. The van der Waals surface area contributed by atoms with Crippen molar-refractivity contribution in [2.24, 2.45) is 0 Å². The monoisotopic (exact) mass is 159 g/mol. The van der Waals surface area contributed by atoms with Crippen molar-refractivity contribution in [3.8, 4) is 0 Å². The van der Waals surface area contributed by atoms with Crippen LogP contribution < -0.4 is 5.48 Å². The van der Waals surface area contributed by atoms with E-state index in [1.165, 1.54) is 5.48 Å². The number of amides is 1. The van der Waals surface area contributed by atoms with Crippen molar-refractivity contribution in [1.82, 2.24) is 5.48 Å². The Kier molecular flexibility index (Phi) is 2.74. The number of hydroxylamine groups is 1. The van der Waals surface area contributed by atoms with Crippen LogP contribution in [0, 0.1) is 0 Å². The molecule has 0 aromatic heterocycles. The van der Waals surface area contributed by atoms with E-state index in [0.29, 0.717) is 0 Å². The third-order valence-corrected chi connectivity index (χ3v) is 0.680. The Labute approximate surface area is 50.2 Å². The number of nitrogens with one attached hydrogen (secondary N) is 1. The number of hydrogen-bond donors (Lipinski definition) is 1. The van der Waals surface area contributed by atoms with Crippen molar-refractivity contribution in [1.29, 1.82) is 0 Å². The highest BCUT2D eigenvalue weighted by Gasteiger charge is 2.01. The van der Waals surface area contributed by atoms with Gasteiger partial charge in [-0.05, 0) is 0 Å². The lowest BCUT2D eigenvalue weighted by atomic mass is 11.5. The number of hydrogen-bond acceptors (Lipinski definition) is 4. The predicted molar refractivity (Wildman–Crippen MR) is 25.1 cm³/mol. The van der Waals surface area contributed by atoms with Crippen LogP contribution in [0.3, 0.4) is 0 Å². The summed E-state index contributed by atoms with van der Waals surface area (Å²) in [5, 5.41) is 0. The van der Waals surface area contributed by atoms with Gasteiger partial charge in [-0.3, -0.25) is 4.79 Å². The van der Waals surface area contributed by atoms with Gasteiger partial charge in [-0.1, -0.05) is 0 Å². The van der Waals surface area contributed by atoms with Crippen LogP contribution in [0.2, 0.25) is 0 Å². The lowest BCUT2D eigenvalue weighted by Gasteiger charge is -1.89. The molecule has 5 nitrogen and oxygen atoms in total. The zero-order chi connectivity index (χ0) is 6.62. The molecule has 7 heteroatoms. The van der Waals surface area contributed by atoms with E-state index in [4.69, 9.17) is 0 Å². The zero-order valence-electron chi connectivity index (χ0n) is 3.50. The summed E-state index contributed by atoms with van der Waals surface area (Å²) in [4.78, 5) is 9.29. The van der Waals surface area contributed by atoms with Gasteiger partial charge in [0, 0.05) is 0 Å². The summed E-state index contributed by atoms with van der Waals surface area (Å²) in [7, 11) is 0.384. The molecule has 0 fully saturated rings. The highest BCUT2D eigenvalue weighted by molar-refractivity contribution is 8.09. The maximum Gasteiger partial charge on any atom is 0.376 e. The Balaban J connectivity index is 3.57. The fourth-order valence-corrected chi connectivity index (χ4v) is 0.340. The van der Waals surface area contributed by atoms with Crippen LogP contribution in [-0.2, 0) is 18.4 Å². The van der Waals surface area contributed by atoms with E-state index in [2.05, 4.69) is 15.0 Å². The molecule has 1 amide bonds. The first kappa shape index (κ1) is 7.67. The van der Waals surface area contributed by atoms with Gasteiger partial charge >= 0.3 is 9.33 Å². The standard InChI is InChI=1S/CH2ClNO4S/c2-8(5,6)7-3-1-4/h1H,(H,3,4). The summed E-state index contributed by atoms with van der Waals surface area (Å²) in [6.07, 6.45) is 0.0416.